The van der Waals surface area contributed by atoms with Crippen LogP contribution in [0.4, 0.5) is 5.95 Å². The van der Waals surface area contributed by atoms with Crippen LogP contribution >= 0.6 is 0 Å². The number of benzene rings is 1. The zero-order chi connectivity index (χ0) is 23.5. The zero-order valence-electron chi connectivity index (χ0n) is 19.5. The Bertz CT molecular complexity index is 1190. The number of rotatable bonds is 7. The number of nitrogens with zero attached hydrogens (tertiary/aromatic N) is 5. The summed E-state index contributed by atoms with van der Waals surface area (Å²) in [4.78, 5) is 10.9. The third kappa shape index (κ3) is 5.39. The molecular weight excluding hydrogens is 452 g/mol. The predicted octanol–water partition coefficient (Wildman–Crippen LogP) is 2.61. The molecule has 2 aromatic heterocycles. The quantitative estimate of drug-likeness (QED) is 0.550. The van der Waals surface area contributed by atoms with Gasteiger partial charge in [-0.2, -0.15) is 9.61 Å². The van der Waals surface area contributed by atoms with Gasteiger partial charge in [0.2, 0.25) is 16.0 Å². The van der Waals surface area contributed by atoms with E-state index in [1.165, 1.54) is 18.1 Å². The minimum Gasteiger partial charge on any atom is -0.378 e. The Labute approximate surface area is 200 Å². The van der Waals surface area contributed by atoms with Gasteiger partial charge in [0.25, 0.3) is 0 Å². The molecule has 2 aliphatic rings. The molecule has 3 heterocycles. The van der Waals surface area contributed by atoms with E-state index < -0.39 is 10.0 Å². The number of ether oxygens (including phenoxy) is 1. The molecule has 10 heteroatoms. The van der Waals surface area contributed by atoms with Gasteiger partial charge in [-0.25, -0.2) is 23.1 Å². The van der Waals surface area contributed by atoms with Crippen LogP contribution < -0.4 is 9.62 Å². The van der Waals surface area contributed by atoms with Gasteiger partial charge in [0.05, 0.1) is 19.0 Å². The molecular formula is C24H32N6O3S. The van der Waals surface area contributed by atoms with E-state index in [2.05, 4.69) is 55.0 Å². The first-order chi connectivity index (χ1) is 16.5. The molecule has 9 nitrogen and oxygen atoms in total. The summed E-state index contributed by atoms with van der Waals surface area (Å²) in [6.45, 7) is 1.83. The van der Waals surface area contributed by atoms with Crippen LogP contribution in [0.3, 0.4) is 0 Å². The highest BCUT2D eigenvalue weighted by Gasteiger charge is 2.34. The largest absolute Gasteiger partial charge is 0.378 e. The molecule has 0 amide bonds. The summed E-state index contributed by atoms with van der Waals surface area (Å²) in [5.74, 6) is 1.33. The lowest BCUT2D eigenvalue weighted by atomic mass is 9.82. The van der Waals surface area contributed by atoms with E-state index in [1.54, 1.807) is 10.7 Å². The lowest BCUT2D eigenvalue weighted by Gasteiger charge is -2.39. The van der Waals surface area contributed by atoms with Gasteiger partial charge in [0.1, 0.15) is 6.33 Å². The Morgan fingerprint density at radius 2 is 1.85 bits per heavy atom. The number of fused-ring (bicyclic) bond motifs is 1. The first kappa shape index (κ1) is 23.2. The summed E-state index contributed by atoms with van der Waals surface area (Å²) in [6.07, 6.45) is 9.66. The van der Waals surface area contributed by atoms with Crippen LogP contribution in [0.15, 0.2) is 48.9 Å². The van der Waals surface area contributed by atoms with Crippen molar-refractivity contribution in [3.8, 4) is 0 Å². The smallest absolute Gasteiger partial charge is 0.228 e. The second-order valence-electron chi connectivity index (χ2n) is 9.48. The molecule has 2 fully saturated rings. The summed E-state index contributed by atoms with van der Waals surface area (Å²) in [5, 5.41) is 4.31. The molecule has 1 aliphatic carbocycles. The van der Waals surface area contributed by atoms with Crippen molar-refractivity contribution >= 4 is 21.6 Å². The summed E-state index contributed by atoms with van der Waals surface area (Å²) < 4.78 is 35.0. The third-order valence-corrected chi connectivity index (χ3v) is 7.78. The maximum absolute atomic E-state index is 12.0. The molecule has 0 unspecified atom stereocenters. The Morgan fingerprint density at radius 1 is 1.06 bits per heavy atom. The van der Waals surface area contributed by atoms with E-state index in [9.17, 15) is 8.42 Å². The van der Waals surface area contributed by atoms with Gasteiger partial charge in [-0.15, -0.1) is 0 Å². The highest BCUT2D eigenvalue weighted by atomic mass is 32.2. The number of aromatic nitrogens is 4. The van der Waals surface area contributed by atoms with Crippen molar-refractivity contribution in [1.82, 2.24) is 24.3 Å². The molecule has 0 spiro atoms. The summed E-state index contributed by atoms with van der Waals surface area (Å²) in [7, 11) is -3.31. The fourth-order valence-corrected chi connectivity index (χ4v) is 6.18. The van der Waals surface area contributed by atoms with E-state index in [0.29, 0.717) is 32.0 Å². The number of piperidine rings is 1. The van der Waals surface area contributed by atoms with E-state index >= 15 is 0 Å². The van der Waals surface area contributed by atoms with Crippen molar-refractivity contribution in [2.24, 2.45) is 5.92 Å². The van der Waals surface area contributed by atoms with E-state index in [0.717, 1.165) is 37.3 Å². The van der Waals surface area contributed by atoms with E-state index in [1.807, 2.05) is 6.07 Å². The Hall–Kier alpha value is -2.56. The van der Waals surface area contributed by atoms with Crippen LogP contribution in [-0.4, -0.2) is 66.1 Å². The van der Waals surface area contributed by atoms with Crippen LogP contribution in [0.25, 0.3) is 5.65 Å². The minimum absolute atomic E-state index is 0.0101. The average Bonchev–Trinajstić information content (AvgIpc) is 3.33. The van der Waals surface area contributed by atoms with Gasteiger partial charge in [-0.1, -0.05) is 30.3 Å². The predicted molar refractivity (Wildman–Crippen MR) is 130 cm³/mol. The van der Waals surface area contributed by atoms with Crippen molar-refractivity contribution in [1.29, 1.82) is 0 Å². The Morgan fingerprint density at radius 3 is 2.62 bits per heavy atom. The molecule has 3 aromatic rings. The fourth-order valence-electron chi connectivity index (χ4n) is 5.32. The van der Waals surface area contributed by atoms with Crippen molar-refractivity contribution in [3.63, 3.8) is 0 Å². The van der Waals surface area contributed by atoms with Gasteiger partial charge < -0.3 is 9.64 Å². The normalized spacial score (nSPS) is 26.1. The number of hydrogen-bond acceptors (Lipinski definition) is 7. The van der Waals surface area contributed by atoms with Gasteiger partial charge in [-0.05, 0) is 43.6 Å². The molecule has 0 radical (unpaired) electrons. The van der Waals surface area contributed by atoms with Gasteiger partial charge in [-0.3, -0.25) is 0 Å². The molecule has 1 aliphatic heterocycles. The van der Waals surface area contributed by atoms with Crippen LogP contribution in [0.5, 0.6) is 0 Å². The lowest BCUT2D eigenvalue weighted by Crippen LogP contribution is -2.53. The number of sulfonamides is 1. The summed E-state index contributed by atoms with van der Waals surface area (Å²) in [5.41, 5.74) is 2.15. The minimum atomic E-state index is -3.31. The third-order valence-electron chi connectivity index (χ3n) is 7.05. The van der Waals surface area contributed by atoms with Gasteiger partial charge >= 0.3 is 0 Å². The van der Waals surface area contributed by atoms with Crippen LogP contribution in [0.2, 0.25) is 0 Å². The maximum Gasteiger partial charge on any atom is 0.228 e. The van der Waals surface area contributed by atoms with Gasteiger partial charge in [0.15, 0.2) is 5.65 Å². The monoisotopic (exact) mass is 484 g/mol. The molecule has 1 saturated carbocycles. The first-order valence-electron chi connectivity index (χ1n) is 12.0. The average molecular weight is 485 g/mol. The lowest BCUT2D eigenvalue weighted by molar-refractivity contribution is -0.00219. The highest BCUT2D eigenvalue weighted by Crippen LogP contribution is 2.34. The van der Waals surface area contributed by atoms with Gasteiger partial charge in [0, 0.05) is 37.3 Å². The molecule has 5 rings (SSSR count). The summed E-state index contributed by atoms with van der Waals surface area (Å²) >= 11 is 0. The highest BCUT2D eigenvalue weighted by molar-refractivity contribution is 7.88. The molecule has 182 valence electrons. The second-order valence-corrected chi connectivity index (χ2v) is 11.3. The Kier molecular flexibility index (Phi) is 6.80. The van der Waals surface area contributed by atoms with Crippen LogP contribution in [0.1, 0.15) is 43.6 Å². The zero-order valence-corrected chi connectivity index (χ0v) is 20.3. The maximum atomic E-state index is 12.0. The van der Waals surface area contributed by atoms with Crippen molar-refractivity contribution in [2.75, 3.05) is 30.9 Å². The first-order valence-corrected chi connectivity index (χ1v) is 13.9. The summed E-state index contributed by atoms with van der Waals surface area (Å²) in [6, 6.07) is 12.4. The topological polar surface area (TPSA) is 102 Å². The van der Waals surface area contributed by atoms with E-state index in [4.69, 9.17) is 4.74 Å². The van der Waals surface area contributed by atoms with Crippen LogP contribution in [0, 0.1) is 5.92 Å². The molecule has 1 saturated heterocycles. The van der Waals surface area contributed by atoms with Crippen LogP contribution in [-0.2, 0) is 14.8 Å². The molecule has 1 aromatic carbocycles. The SMILES string of the molecule is CS(=O)(=O)N[C@H]1CCN(c2nccc3ncnn23)C[C@H]1CO[C@H]1CC[C@@H](c2ccccc2)CC1. The second kappa shape index (κ2) is 9.97. The van der Waals surface area contributed by atoms with Crippen molar-refractivity contribution in [3.05, 3.63) is 54.5 Å². The molecule has 34 heavy (non-hydrogen) atoms. The number of hydrogen-bond donors (Lipinski definition) is 1. The molecule has 2 atom stereocenters. The van der Waals surface area contributed by atoms with E-state index in [-0.39, 0.29) is 18.1 Å². The van der Waals surface area contributed by atoms with Crippen molar-refractivity contribution < 1.29 is 13.2 Å². The van der Waals surface area contributed by atoms with Crippen molar-refractivity contribution in [2.45, 2.75) is 50.2 Å². The standard InChI is InChI=1S/C24H32N6O3S/c1-34(31,32)28-22-12-14-29(24-25-13-11-23-26-17-27-30(23)24)15-20(22)16-33-21-9-7-19(8-10-21)18-5-3-2-4-6-18/h2-6,11,13,17,19-22,28H,7-10,12,14-16H2,1H3/t19-,20-,21+,22-/m0/s1. The number of anilines is 1. The Balaban J connectivity index is 1.24. The fraction of sp³-hybridized carbons (Fsp3) is 0.542. The molecule has 1 N–H and O–H groups in total. The molecule has 0 bridgehead atoms. The number of nitrogens with one attached hydrogen (secondary N) is 1.